The summed E-state index contributed by atoms with van der Waals surface area (Å²) < 4.78 is 0. The standard InChI is InChI=1S/C10H16N2/c1-7(2)9-10(8(3)4)12-6-5-11-9/h5-7,12H,1-4H3. The predicted octanol–water partition coefficient (Wildman–Crippen LogP) is 2.45. The summed E-state index contributed by atoms with van der Waals surface area (Å²) in [5.41, 5.74) is 3.61. The molecule has 0 radical (unpaired) electrons. The van der Waals surface area contributed by atoms with Gasteiger partial charge in [-0.1, -0.05) is 19.4 Å². The molecular formula is C10H16N2. The third-order valence-corrected chi connectivity index (χ3v) is 1.82. The summed E-state index contributed by atoms with van der Waals surface area (Å²) in [4.78, 5) is 4.35. The second-order valence-electron chi connectivity index (χ2n) is 3.50. The van der Waals surface area contributed by atoms with E-state index in [-0.39, 0.29) is 0 Å². The number of rotatable bonds is 1. The van der Waals surface area contributed by atoms with Gasteiger partial charge < -0.3 is 5.32 Å². The molecule has 1 heterocycles. The summed E-state index contributed by atoms with van der Waals surface area (Å²) in [6.45, 7) is 8.50. The van der Waals surface area contributed by atoms with Crippen molar-refractivity contribution in [3.8, 4) is 0 Å². The molecule has 2 nitrogen and oxygen atoms in total. The molecule has 0 amide bonds. The second kappa shape index (κ2) is 3.57. The van der Waals surface area contributed by atoms with Crippen LogP contribution in [-0.4, -0.2) is 5.71 Å². The van der Waals surface area contributed by atoms with Gasteiger partial charge in [-0.05, 0) is 19.8 Å². The van der Waals surface area contributed by atoms with E-state index in [2.05, 4.69) is 38.0 Å². The Morgan fingerprint density at radius 2 is 2.08 bits per heavy atom. The lowest BCUT2D eigenvalue weighted by molar-refractivity contribution is 0.857. The number of nitrogens with one attached hydrogen (secondary N) is 1. The van der Waals surface area contributed by atoms with E-state index >= 15 is 0 Å². The van der Waals surface area contributed by atoms with Gasteiger partial charge in [0.05, 0.1) is 11.4 Å². The molecule has 0 aromatic rings. The molecule has 1 aliphatic heterocycles. The fourth-order valence-electron chi connectivity index (χ4n) is 1.21. The SMILES string of the molecule is CC(C)=C1NC=CN=C1C(C)C. The first-order valence-electron chi connectivity index (χ1n) is 4.30. The fourth-order valence-corrected chi connectivity index (χ4v) is 1.21. The van der Waals surface area contributed by atoms with Gasteiger partial charge in [0.2, 0.25) is 0 Å². The van der Waals surface area contributed by atoms with Gasteiger partial charge >= 0.3 is 0 Å². The van der Waals surface area contributed by atoms with E-state index in [1.807, 2.05) is 12.4 Å². The average Bonchev–Trinajstić information content (AvgIpc) is 2.04. The van der Waals surface area contributed by atoms with Crippen molar-refractivity contribution in [1.29, 1.82) is 0 Å². The van der Waals surface area contributed by atoms with Crippen LogP contribution in [0.15, 0.2) is 28.7 Å². The first kappa shape index (κ1) is 9.04. The minimum atomic E-state index is 0.479. The summed E-state index contributed by atoms with van der Waals surface area (Å²) in [5.74, 6) is 0.479. The van der Waals surface area contributed by atoms with Gasteiger partial charge in [-0.3, -0.25) is 4.99 Å². The molecule has 0 bridgehead atoms. The average molecular weight is 164 g/mol. The third kappa shape index (κ3) is 1.76. The van der Waals surface area contributed by atoms with E-state index in [9.17, 15) is 0 Å². The van der Waals surface area contributed by atoms with Crippen molar-refractivity contribution in [2.45, 2.75) is 27.7 Å². The number of nitrogens with zero attached hydrogens (tertiary/aromatic N) is 1. The Morgan fingerprint density at radius 3 is 2.50 bits per heavy atom. The van der Waals surface area contributed by atoms with E-state index in [1.54, 1.807) is 0 Å². The summed E-state index contributed by atoms with van der Waals surface area (Å²) in [7, 11) is 0. The van der Waals surface area contributed by atoms with Crippen LogP contribution >= 0.6 is 0 Å². The van der Waals surface area contributed by atoms with Gasteiger partial charge in [0, 0.05) is 12.4 Å². The first-order chi connectivity index (χ1) is 5.63. The highest BCUT2D eigenvalue weighted by molar-refractivity contribution is 6.02. The van der Waals surface area contributed by atoms with Gasteiger partial charge in [0.1, 0.15) is 0 Å². The fraction of sp³-hybridized carbons (Fsp3) is 0.500. The summed E-state index contributed by atoms with van der Waals surface area (Å²) >= 11 is 0. The maximum Gasteiger partial charge on any atom is 0.0663 e. The zero-order valence-corrected chi connectivity index (χ0v) is 8.18. The highest BCUT2D eigenvalue weighted by Gasteiger charge is 2.13. The van der Waals surface area contributed by atoms with Crippen molar-refractivity contribution in [3.05, 3.63) is 23.7 Å². The van der Waals surface area contributed by atoms with Gasteiger partial charge in [-0.25, -0.2) is 0 Å². The molecule has 1 rings (SSSR count). The molecule has 0 aromatic heterocycles. The van der Waals surface area contributed by atoms with E-state index < -0.39 is 0 Å². The lowest BCUT2D eigenvalue weighted by atomic mass is 10.0. The molecule has 0 spiro atoms. The van der Waals surface area contributed by atoms with Crippen LogP contribution in [0.3, 0.4) is 0 Å². The quantitative estimate of drug-likeness (QED) is 0.632. The van der Waals surface area contributed by atoms with Crippen LogP contribution in [0.4, 0.5) is 0 Å². The van der Waals surface area contributed by atoms with Crippen LogP contribution in [0.1, 0.15) is 27.7 Å². The van der Waals surface area contributed by atoms with Gasteiger partial charge in [-0.2, -0.15) is 0 Å². The van der Waals surface area contributed by atoms with Crippen molar-refractivity contribution in [2.75, 3.05) is 0 Å². The lowest BCUT2D eigenvalue weighted by Crippen LogP contribution is -2.23. The molecule has 0 aliphatic carbocycles. The molecule has 0 unspecified atom stereocenters. The maximum atomic E-state index is 4.35. The molecule has 0 saturated heterocycles. The summed E-state index contributed by atoms with van der Waals surface area (Å²) in [6, 6.07) is 0. The molecule has 0 fully saturated rings. The minimum Gasteiger partial charge on any atom is -0.359 e. The van der Waals surface area contributed by atoms with Crippen LogP contribution in [-0.2, 0) is 0 Å². The first-order valence-corrected chi connectivity index (χ1v) is 4.30. The largest absolute Gasteiger partial charge is 0.359 e. The maximum absolute atomic E-state index is 4.35. The van der Waals surface area contributed by atoms with Crippen LogP contribution < -0.4 is 5.32 Å². The second-order valence-corrected chi connectivity index (χ2v) is 3.50. The summed E-state index contributed by atoms with van der Waals surface area (Å²) in [5, 5.41) is 3.22. The van der Waals surface area contributed by atoms with Crippen LogP contribution in [0.25, 0.3) is 0 Å². The van der Waals surface area contributed by atoms with Gasteiger partial charge in [0.15, 0.2) is 0 Å². The van der Waals surface area contributed by atoms with E-state index in [0.717, 1.165) is 5.71 Å². The number of allylic oxidation sites excluding steroid dienone is 2. The summed E-state index contributed by atoms with van der Waals surface area (Å²) in [6.07, 6.45) is 3.68. The Morgan fingerprint density at radius 1 is 1.42 bits per heavy atom. The van der Waals surface area contributed by atoms with Crippen LogP contribution in [0, 0.1) is 5.92 Å². The van der Waals surface area contributed by atoms with E-state index in [1.165, 1.54) is 11.3 Å². The Kier molecular flexibility index (Phi) is 2.69. The van der Waals surface area contributed by atoms with Gasteiger partial charge in [0.25, 0.3) is 0 Å². The van der Waals surface area contributed by atoms with Crippen LogP contribution in [0.5, 0.6) is 0 Å². The highest BCUT2D eigenvalue weighted by Crippen LogP contribution is 2.13. The predicted molar refractivity (Wildman–Crippen MR) is 52.9 cm³/mol. The van der Waals surface area contributed by atoms with Crippen molar-refractivity contribution >= 4 is 5.71 Å². The van der Waals surface area contributed by atoms with E-state index in [4.69, 9.17) is 0 Å². The number of hydrogen-bond acceptors (Lipinski definition) is 2. The van der Waals surface area contributed by atoms with Crippen molar-refractivity contribution in [3.63, 3.8) is 0 Å². The Labute approximate surface area is 74.1 Å². The zero-order valence-electron chi connectivity index (χ0n) is 8.18. The molecule has 2 heteroatoms. The third-order valence-electron chi connectivity index (χ3n) is 1.82. The Balaban J connectivity index is 3.00. The molecule has 1 N–H and O–H groups in total. The molecule has 1 aliphatic rings. The minimum absolute atomic E-state index is 0.479. The number of aliphatic imine (C=N–C) groups is 1. The Hall–Kier alpha value is -1.05. The molecule has 0 aromatic carbocycles. The molecular weight excluding hydrogens is 148 g/mol. The smallest absolute Gasteiger partial charge is 0.0663 e. The normalized spacial score (nSPS) is 16.1. The number of hydrogen-bond donors (Lipinski definition) is 1. The van der Waals surface area contributed by atoms with Crippen LogP contribution in [0.2, 0.25) is 0 Å². The molecule has 66 valence electrons. The van der Waals surface area contributed by atoms with Crippen molar-refractivity contribution in [2.24, 2.45) is 10.9 Å². The van der Waals surface area contributed by atoms with Gasteiger partial charge in [-0.15, -0.1) is 0 Å². The zero-order chi connectivity index (χ0) is 9.14. The molecule has 0 saturated carbocycles. The molecule has 12 heavy (non-hydrogen) atoms. The highest BCUT2D eigenvalue weighted by atomic mass is 14.9. The Bertz CT molecular complexity index is 253. The monoisotopic (exact) mass is 164 g/mol. The lowest BCUT2D eigenvalue weighted by Gasteiger charge is -2.18. The van der Waals surface area contributed by atoms with E-state index in [0.29, 0.717) is 5.92 Å². The topological polar surface area (TPSA) is 24.4 Å². The van der Waals surface area contributed by atoms with Crippen molar-refractivity contribution in [1.82, 2.24) is 5.32 Å². The van der Waals surface area contributed by atoms with Crippen molar-refractivity contribution < 1.29 is 0 Å². The molecule has 0 atom stereocenters.